The fourth-order valence-electron chi connectivity index (χ4n) is 2.89. The van der Waals surface area contributed by atoms with Gasteiger partial charge in [0, 0.05) is 13.6 Å². The number of hydrogen-bond acceptors (Lipinski definition) is 3. The van der Waals surface area contributed by atoms with Gasteiger partial charge < -0.3 is 9.55 Å². The molecule has 0 aliphatic rings. The molecule has 0 bridgehead atoms. The van der Waals surface area contributed by atoms with Crippen LogP contribution in [0.3, 0.4) is 0 Å². The first kappa shape index (κ1) is 17.7. The minimum Gasteiger partial charge on any atom is -0.316 e. The lowest BCUT2D eigenvalue weighted by molar-refractivity contribution is 0.546. The van der Waals surface area contributed by atoms with E-state index in [2.05, 4.69) is 16.9 Å². The Kier molecular flexibility index (Phi) is 6.38. The van der Waals surface area contributed by atoms with Crippen LogP contribution in [-0.2, 0) is 13.6 Å². The monoisotopic (exact) mass is 338 g/mol. The van der Waals surface area contributed by atoms with Crippen molar-refractivity contribution in [3.8, 4) is 0 Å². The highest BCUT2D eigenvalue weighted by atomic mass is 32.1. The van der Waals surface area contributed by atoms with Crippen LogP contribution in [0.5, 0.6) is 0 Å². The van der Waals surface area contributed by atoms with E-state index in [0.717, 1.165) is 12.8 Å². The predicted molar refractivity (Wildman–Crippen MR) is 95.6 cm³/mol. The summed E-state index contributed by atoms with van der Waals surface area (Å²) < 4.78 is 3.69. The van der Waals surface area contributed by atoms with E-state index < -0.39 is 5.69 Å². The number of fused-ring (bicyclic) bond motifs is 1. The molecule has 0 atom stereocenters. The number of aromatic amines is 2. The summed E-state index contributed by atoms with van der Waals surface area (Å²) in [5.41, 5.74) is 0.136. The fourth-order valence-corrected chi connectivity index (χ4v) is 3.17. The van der Waals surface area contributed by atoms with Gasteiger partial charge in [-0.15, -0.1) is 0 Å². The Balaban J connectivity index is 1.98. The second-order valence-electron chi connectivity index (χ2n) is 6.07. The summed E-state index contributed by atoms with van der Waals surface area (Å²) in [5.74, 6) is 0. The average Bonchev–Trinajstić information content (AvgIpc) is 2.85. The molecule has 2 heterocycles. The molecular formula is C16H26N4O2S. The Hall–Kier alpha value is -1.63. The lowest BCUT2D eigenvalue weighted by Gasteiger charge is -2.05. The van der Waals surface area contributed by atoms with Crippen molar-refractivity contribution in [1.29, 1.82) is 0 Å². The second kappa shape index (κ2) is 8.29. The van der Waals surface area contributed by atoms with Crippen molar-refractivity contribution in [2.24, 2.45) is 7.05 Å². The summed E-state index contributed by atoms with van der Waals surface area (Å²) in [5, 5.41) is 0. The van der Waals surface area contributed by atoms with Gasteiger partial charge in [0.25, 0.3) is 5.56 Å². The maximum atomic E-state index is 12.1. The Labute approximate surface area is 140 Å². The van der Waals surface area contributed by atoms with Gasteiger partial charge in [0.15, 0.2) is 10.3 Å². The minimum atomic E-state index is -0.432. The zero-order chi connectivity index (χ0) is 16.8. The van der Waals surface area contributed by atoms with E-state index >= 15 is 0 Å². The van der Waals surface area contributed by atoms with Gasteiger partial charge in [0.2, 0.25) is 0 Å². The number of nitrogens with one attached hydrogen (secondary N) is 2. The molecule has 23 heavy (non-hydrogen) atoms. The van der Waals surface area contributed by atoms with Crippen molar-refractivity contribution >= 4 is 23.4 Å². The van der Waals surface area contributed by atoms with E-state index in [4.69, 9.17) is 12.2 Å². The van der Waals surface area contributed by atoms with Gasteiger partial charge in [-0.1, -0.05) is 51.9 Å². The topological polar surface area (TPSA) is 75.6 Å². The third kappa shape index (κ3) is 4.22. The fraction of sp³-hybridized carbons (Fsp3) is 0.688. The molecule has 128 valence electrons. The van der Waals surface area contributed by atoms with Crippen molar-refractivity contribution in [3.05, 3.63) is 25.6 Å². The third-order valence-electron chi connectivity index (χ3n) is 4.28. The SMILES string of the molecule is CCCCCCCCCCn1c(=S)[nH]c2c1c(=O)[nH]c(=O)n2C. The summed E-state index contributed by atoms with van der Waals surface area (Å²) in [4.78, 5) is 29.0. The third-order valence-corrected chi connectivity index (χ3v) is 4.60. The standard InChI is InChI=1S/C16H26N4O2S/c1-3-4-5-6-7-8-9-10-11-20-12-13(17-16(20)23)19(2)15(22)18-14(12)21/h3-11H2,1-2H3,(H,17,23)(H,18,21,22). The predicted octanol–water partition coefficient (Wildman–Crippen LogP) is 3.23. The Bertz CT molecular complexity index is 812. The maximum Gasteiger partial charge on any atom is 0.329 e. The Morgan fingerprint density at radius 3 is 2.22 bits per heavy atom. The molecule has 0 unspecified atom stereocenters. The van der Waals surface area contributed by atoms with Crippen LogP contribution in [0, 0.1) is 4.77 Å². The van der Waals surface area contributed by atoms with E-state index in [1.807, 2.05) is 0 Å². The molecule has 0 aliphatic carbocycles. The average molecular weight is 338 g/mol. The van der Waals surface area contributed by atoms with Crippen LogP contribution in [0.4, 0.5) is 0 Å². The largest absolute Gasteiger partial charge is 0.329 e. The molecule has 2 rings (SSSR count). The number of rotatable bonds is 9. The lowest BCUT2D eigenvalue weighted by atomic mass is 10.1. The molecular weight excluding hydrogens is 312 g/mol. The summed E-state index contributed by atoms with van der Waals surface area (Å²) in [6.07, 6.45) is 9.83. The molecule has 0 saturated heterocycles. The highest BCUT2D eigenvalue weighted by Crippen LogP contribution is 2.12. The number of imidazole rings is 1. The number of nitrogens with zero attached hydrogens (tertiary/aromatic N) is 2. The van der Waals surface area contributed by atoms with Crippen LogP contribution in [-0.4, -0.2) is 19.1 Å². The summed E-state index contributed by atoms with van der Waals surface area (Å²) >= 11 is 5.30. The number of aryl methyl sites for hydroxylation is 2. The normalized spacial score (nSPS) is 11.4. The molecule has 0 amide bonds. The first-order chi connectivity index (χ1) is 11.1. The van der Waals surface area contributed by atoms with Crippen LogP contribution in [0.15, 0.2) is 9.59 Å². The zero-order valence-electron chi connectivity index (χ0n) is 14.0. The maximum absolute atomic E-state index is 12.1. The van der Waals surface area contributed by atoms with Crippen molar-refractivity contribution < 1.29 is 0 Å². The molecule has 6 nitrogen and oxygen atoms in total. The van der Waals surface area contributed by atoms with Crippen LogP contribution in [0.25, 0.3) is 11.2 Å². The number of H-pyrrole nitrogens is 2. The van der Waals surface area contributed by atoms with E-state index in [-0.39, 0.29) is 5.56 Å². The highest BCUT2D eigenvalue weighted by molar-refractivity contribution is 7.71. The molecule has 0 aliphatic heterocycles. The van der Waals surface area contributed by atoms with Crippen molar-refractivity contribution in [2.75, 3.05) is 0 Å². The molecule has 0 fully saturated rings. The van der Waals surface area contributed by atoms with Crippen LogP contribution >= 0.6 is 12.2 Å². The molecule has 2 aromatic rings. The quantitative estimate of drug-likeness (QED) is 0.544. The highest BCUT2D eigenvalue weighted by Gasteiger charge is 2.12. The van der Waals surface area contributed by atoms with Gasteiger partial charge in [-0.25, -0.2) is 4.79 Å². The van der Waals surface area contributed by atoms with Gasteiger partial charge >= 0.3 is 5.69 Å². The van der Waals surface area contributed by atoms with Crippen LogP contribution in [0.2, 0.25) is 0 Å². The molecule has 0 spiro atoms. The van der Waals surface area contributed by atoms with Crippen molar-refractivity contribution in [1.82, 2.24) is 19.1 Å². The smallest absolute Gasteiger partial charge is 0.316 e. The van der Waals surface area contributed by atoms with Crippen LogP contribution < -0.4 is 11.2 Å². The van der Waals surface area contributed by atoms with Gasteiger partial charge in [0.05, 0.1) is 0 Å². The molecule has 2 N–H and O–H groups in total. The van der Waals surface area contributed by atoms with E-state index in [0.29, 0.717) is 22.5 Å². The Morgan fingerprint density at radius 1 is 0.957 bits per heavy atom. The summed E-state index contributed by atoms with van der Waals surface area (Å²) in [6, 6.07) is 0. The van der Waals surface area contributed by atoms with Gasteiger partial charge in [-0.3, -0.25) is 14.3 Å². The van der Waals surface area contributed by atoms with E-state index in [1.54, 1.807) is 11.6 Å². The lowest BCUT2D eigenvalue weighted by Crippen LogP contribution is -2.29. The van der Waals surface area contributed by atoms with Crippen molar-refractivity contribution in [2.45, 2.75) is 64.8 Å². The van der Waals surface area contributed by atoms with Gasteiger partial charge in [-0.2, -0.15) is 0 Å². The first-order valence-electron chi connectivity index (χ1n) is 8.48. The Morgan fingerprint density at radius 2 is 1.57 bits per heavy atom. The molecule has 2 aromatic heterocycles. The summed E-state index contributed by atoms with van der Waals surface area (Å²) in [7, 11) is 1.62. The first-order valence-corrected chi connectivity index (χ1v) is 8.89. The van der Waals surface area contributed by atoms with E-state index in [9.17, 15) is 9.59 Å². The number of hydrogen-bond donors (Lipinski definition) is 2. The van der Waals surface area contributed by atoms with Crippen molar-refractivity contribution in [3.63, 3.8) is 0 Å². The van der Waals surface area contributed by atoms with Gasteiger partial charge in [0.1, 0.15) is 5.65 Å². The molecule has 0 radical (unpaired) electrons. The zero-order valence-corrected chi connectivity index (χ0v) is 14.8. The van der Waals surface area contributed by atoms with Crippen LogP contribution in [0.1, 0.15) is 58.3 Å². The molecule has 0 aromatic carbocycles. The summed E-state index contributed by atoms with van der Waals surface area (Å²) in [6.45, 7) is 2.93. The second-order valence-corrected chi connectivity index (χ2v) is 6.46. The molecule has 0 saturated carbocycles. The minimum absolute atomic E-state index is 0.380. The number of aromatic nitrogens is 4. The number of unbranched alkanes of at least 4 members (excludes halogenated alkanes) is 7. The van der Waals surface area contributed by atoms with E-state index in [1.165, 1.54) is 43.1 Å². The molecule has 7 heteroatoms. The van der Waals surface area contributed by atoms with Gasteiger partial charge in [-0.05, 0) is 18.6 Å².